The Labute approximate surface area is 156 Å². The second kappa shape index (κ2) is 7.74. The minimum atomic E-state index is -0.751. The van der Waals surface area contributed by atoms with Crippen molar-refractivity contribution in [3.8, 4) is 5.75 Å². The Morgan fingerprint density at radius 2 is 1.85 bits per heavy atom. The summed E-state index contributed by atoms with van der Waals surface area (Å²) in [6, 6.07) is 13.2. The highest BCUT2D eigenvalue weighted by Gasteiger charge is 2.19. The lowest BCUT2D eigenvalue weighted by molar-refractivity contribution is -0.117. The summed E-state index contributed by atoms with van der Waals surface area (Å²) in [4.78, 5) is 29.1. The molecule has 0 spiro atoms. The maximum Gasteiger partial charge on any atom is 0.254 e. The number of amides is 2. The average Bonchev–Trinajstić information content (AvgIpc) is 2.68. The van der Waals surface area contributed by atoms with E-state index >= 15 is 0 Å². The molecule has 0 saturated carbocycles. The number of carbonyl (C=O) groups excluding carboxylic acids is 2. The molecule has 0 saturated heterocycles. The lowest BCUT2D eigenvalue weighted by atomic mass is 10.1. The fourth-order valence-corrected chi connectivity index (χ4v) is 2.63. The summed E-state index contributed by atoms with van der Waals surface area (Å²) < 4.78 is 5.08. The predicted molar refractivity (Wildman–Crippen MR) is 105 cm³/mol. The minimum absolute atomic E-state index is 0.283. The fourth-order valence-electron chi connectivity index (χ4n) is 2.63. The molecule has 0 aliphatic carbocycles. The largest absolute Gasteiger partial charge is 0.497 e. The van der Waals surface area contributed by atoms with E-state index in [0.29, 0.717) is 17.0 Å². The number of carbonyl (C=O) groups is 2. The van der Waals surface area contributed by atoms with Crippen LogP contribution in [-0.4, -0.2) is 29.9 Å². The molecule has 1 aromatic heterocycles. The summed E-state index contributed by atoms with van der Waals surface area (Å²) >= 11 is 0. The van der Waals surface area contributed by atoms with Crippen molar-refractivity contribution in [3.05, 3.63) is 60.3 Å². The Morgan fingerprint density at radius 3 is 2.56 bits per heavy atom. The van der Waals surface area contributed by atoms with Gasteiger partial charge in [0.25, 0.3) is 5.91 Å². The number of nitrogens with one attached hydrogen (secondary N) is 2. The highest BCUT2D eigenvalue weighted by Crippen LogP contribution is 2.22. The van der Waals surface area contributed by atoms with Crippen LogP contribution >= 0.6 is 0 Å². The van der Waals surface area contributed by atoms with Crippen molar-refractivity contribution in [2.24, 2.45) is 0 Å². The van der Waals surface area contributed by atoms with Crippen LogP contribution in [0, 0.1) is 0 Å². The molecule has 2 amide bonds. The number of aromatic nitrogens is 1. The Hall–Kier alpha value is -3.61. The van der Waals surface area contributed by atoms with Gasteiger partial charge in [-0.3, -0.25) is 14.6 Å². The fraction of sp³-hybridized carbons (Fsp3) is 0.150. The molecular formula is C20H20N4O3. The lowest BCUT2D eigenvalue weighted by Gasteiger charge is -2.15. The summed E-state index contributed by atoms with van der Waals surface area (Å²) in [7, 11) is 1.57. The standard InChI is InChI=1S/C20H20N4O3/c1-12(19(25)24-14-6-8-15(27-2)9-7-14)23-20(26)16-10-5-13-4-3-11-22-18(13)17(16)21/h3-12H,21H2,1-2H3,(H,23,26)(H,24,25)/t12-/m1/s1. The molecule has 138 valence electrons. The van der Waals surface area contributed by atoms with Gasteiger partial charge in [0.05, 0.1) is 23.9 Å². The van der Waals surface area contributed by atoms with Crippen molar-refractivity contribution in [2.45, 2.75) is 13.0 Å². The van der Waals surface area contributed by atoms with Gasteiger partial charge in [-0.05, 0) is 43.3 Å². The molecule has 0 radical (unpaired) electrons. The van der Waals surface area contributed by atoms with E-state index < -0.39 is 11.9 Å². The molecule has 3 aromatic rings. The zero-order valence-corrected chi connectivity index (χ0v) is 15.0. The number of hydrogen-bond acceptors (Lipinski definition) is 5. The first-order valence-electron chi connectivity index (χ1n) is 8.38. The first-order valence-corrected chi connectivity index (χ1v) is 8.38. The molecule has 2 aromatic carbocycles. The Balaban J connectivity index is 1.69. The maximum absolute atomic E-state index is 12.5. The molecule has 27 heavy (non-hydrogen) atoms. The predicted octanol–water partition coefficient (Wildman–Crippen LogP) is 2.58. The van der Waals surface area contributed by atoms with Crippen LogP contribution in [0.25, 0.3) is 10.9 Å². The van der Waals surface area contributed by atoms with Crippen molar-refractivity contribution in [1.29, 1.82) is 0 Å². The van der Waals surface area contributed by atoms with E-state index in [-0.39, 0.29) is 17.2 Å². The number of hydrogen-bond donors (Lipinski definition) is 3. The second-order valence-corrected chi connectivity index (χ2v) is 6.01. The normalized spacial score (nSPS) is 11.6. The van der Waals surface area contributed by atoms with Gasteiger partial charge >= 0.3 is 0 Å². The highest BCUT2D eigenvalue weighted by atomic mass is 16.5. The van der Waals surface area contributed by atoms with Gasteiger partial charge in [-0.2, -0.15) is 0 Å². The molecule has 7 heteroatoms. The Bertz CT molecular complexity index is 986. The quantitative estimate of drug-likeness (QED) is 0.603. The molecule has 1 atom stereocenters. The van der Waals surface area contributed by atoms with E-state index in [0.717, 1.165) is 5.39 Å². The smallest absolute Gasteiger partial charge is 0.254 e. The maximum atomic E-state index is 12.5. The van der Waals surface area contributed by atoms with Crippen LogP contribution in [0.1, 0.15) is 17.3 Å². The van der Waals surface area contributed by atoms with Crippen LogP contribution in [0.5, 0.6) is 5.75 Å². The van der Waals surface area contributed by atoms with Gasteiger partial charge in [-0.25, -0.2) is 0 Å². The number of anilines is 2. The van der Waals surface area contributed by atoms with Gasteiger partial charge in [0.1, 0.15) is 11.8 Å². The van der Waals surface area contributed by atoms with Crippen LogP contribution in [0.2, 0.25) is 0 Å². The molecule has 4 N–H and O–H groups in total. The van der Waals surface area contributed by atoms with Gasteiger partial charge in [0, 0.05) is 17.3 Å². The van der Waals surface area contributed by atoms with Crippen LogP contribution in [0.15, 0.2) is 54.7 Å². The van der Waals surface area contributed by atoms with Crippen LogP contribution in [-0.2, 0) is 4.79 Å². The molecule has 3 rings (SSSR count). The third kappa shape index (κ3) is 3.98. The van der Waals surface area contributed by atoms with Crippen LogP contribution < -0.4 is 21.1 Å². The number of nitrogens with zero attached hydrogens (tertiary/aromatic N) is 1. The average molecular weight is 364 g/mol. The van der Waals surface area contributed by atoms with Crippen molar-refractivity contribution in [3.63, 3.8) is 0 Å². The van der Waals surface area contributed by atoms with Crippen molar-refractivity contribution in [2.75, 3.05) is 18.2 Å². The number of nitrogen functional groups attached to an aromatic ring is 1. The van der Waals surface area contributed by atoms with E-state index in [4.69, 9.17) is 10.5 Å². The lowest BCUT2D eigenvalue weighted by Crippen LogP contribution is -2.41. The molecule has 0 bridgehead atoms. The van der Waals surface area contributed by atoms with Crippen molar-refractivity contribution < 1.29 is 14.3 Å². The number of rotatable bonds is 5. The highest BCUT2D eigenvalue weighted by molar-refractivity contribution is 6.08. The van der Waals surface area contributed by atoms with Gasteiger partial charge in [-0.1, -0.05) is 12.1 Å². The first kappa shape index (κ1) is 18.2. The Morgan fingerprint density at radius 1 is 1.11 bits per heavy atom. The summed E-state index contributed by atoms with van der Waals surface area (Å²) in [6.45, 7) is 1.60. The summed E-state index contributed by atoms with van der Waals surface area (Å²) in [5.74, 6) is -0.0850. The van der Waals surface area contributed by atoms with Gasteiger partial charge in [-0.15, -0.1) is 0 Å². The number of ether oxygens (including phenoxy) is 1. The minimum Gasteiger partial charge on any atom is -0.497 e. The van der Waals surface area contributed by atoms with Crippen molar-refractivity contribution >= 4 is 34.1 Å². The molecule has 7 nitrogen and oxygen atoms in total. The van der Waals surface area contributed by atoms with E-state index in [9.17, 15) is 9.59 Å². The first-order chi connectivity index (χ1) is 13.0. The summed E-state index contributed by atoms with van der Waals surface area (Å²) in [5, 5.41) is 6.25. The summed E-state index contributed by atoms with van der Waals surface area (Å²) in [6.07, 6.45) is 1.62. The van der Waals surface area contributed by atoms with E-state index in [1.807, 2.05) is 6.07 Å². The topological polar surface area (TPSA) is 106 Å². The molecule has 0 fully saturated rings. The zero-order valence-electron chi connectivity index (χ0n) is 15.0. The third-order valence-electron chi connectivity index (χ3n) is 4.16. The number of nitrogens with two attached hydrogens (primary N) is 1. The van der Waals surface area contributed by atoms with Gasteiger partial charge in [0.2, 0.25) is 5.91 Å². The van der Waals surface area contributed by atoms with Crippen LogP contribution in [0.4, 0.5) is 11.4 Å². The zero-order chi connectivity index (χ0) is 19.4. The third-order valence-corrected chi connectivity index (χ3v) is 4.16. The Kier molecular flexibility index (Phi) is 5.21. The second-order valence-electron chi connectivity index (χ2n) is 6.01. The SMILES string of the molecule is COc1ccc(NC(=O)[C@@H](C)NC(=O)c2ccc3cccnc3c2N)cc1. The molecule has 0 unspecified atom stereocenters. The molecule has 0 aliphatic rings. The number of fused-ring (bicyclic) bond motifs is 1. The van der Waals surface area contributed by atoms with E-state index in [1.165, 1.54) is 0 Å². The van der Waals surface area contributed by atoms with Crippen LogP contribution in [0.3, 0.4) is 0 Å². The number of benzene rings is 2. The molecular weight excluding hydrogens is 344 g/mol. The van der Waals surface area contributed by atoms with E-state index in [2.05, 4.69) is 15.6 Å². The van der Waals surface area contributed by atoms with Gasteiger partial charge in [0.15, 0.2) is 0 Å². The van der Waals surface area contributed by atoms with E-state index in [1.54, 1.807) is 62.7 Å². The van der Waals surface area contributed by atoms with Gasteiger partial charge < -0.3 is 21.1 Å². The number of pyridine rings is 1. The number of methoxy groups -OCH3 is 1. The summed E-state index contributed by atoms with van der Waals surface area (Å²) in [5.41, 5.74) is 7.82. The van der Waals surface area contributed by atoms with Crippen molar-refractivity contribution in [1.82, 2.24) is 10.3 Å². The monoisotopic (exact) mass is 364 g/mol. The molecule has 0 aliphatic heterocycles. The molecule has 1 heterocycles.